The minimum absolute atomic E-state index is 0.440. The molecule has 96 valence electrons. The number of benzene rings is 1. The van der Waals surface area contributed by atoms with E-state index in [2.05, 4.69) is 29.4 Å². The average molecular weight is 244 g/mol. The fourth-order valence-corrected chi connectivity index (χ4v) is 2.16. The molecule has 0 fully saturated rings. The Bertz CT molecular complexity index is 502. The Morgan fingerprint density at radius 1 is 1.06 bits per heavy atom. The third-order valence-electron chi connectivity index (χ3n) is 3.21. The van der Waals surface area contributed by atoms with Gasteiger partial charge in [0, 0.05) is 7.05 Å². The summed E-state index contributed by atoms with van der Waals surface area (Å²) in [6.45, 7) is 0. The molecule has 0 atom stereocenters. The van der Waals surface area contributed by atoms with E-state index < -0.39 is 0 Å². The third kappa shape index (κ3) is 2.83. The molecule has 0 unspecified atom stereocenters. The van der Waals surface area contributed by atoms with Gasteiger partial charge in [0.2, 0.25) is 0 Å². The van der Waals surface area contributed by atoms with E-state index in [0.717, 1.165) is 31.4 Å². The fourth-order valence-electron chi connectivity index (χ4n) is 2.16. The van der Waals surface area contributed by atoms with Gasteiger partial charge in [0.1, 0.15) is 0 Å². The summed E-state index contributed by atoms with van der Waals surface area (Å²) in [6.07, 6.45) is 4.28. The molecular weight excluding hydrogens is 224 g/mol. The van der Waals surface area contributed by atoms with Gasteiger partial charge in [0.15, 0.2) is 5.82 Å². The SMILES string of the molecule is Cn1nc(N)c(N)c1CCCCc1ccccc1. The zero-order chi connectivity index (χ0) is 13.0. The monoisotopic (exact) mass is 244 g/mol. The van der Waals surface area contributed by atoms with Crippen molar-refractivity contribution in [3.63, 3.8) is 0 Å². The summed E-state index contributed by atoms with van der Waals surface area (Å²) in [6, 6.07) is 10.5. The summed E-state index contributed by atoms with van der Waals surface area (Å²) in [5.41, 5.74) is 14.6. The van der Waals surface area contributed by atoms with Crippen LogP contribution in [0.15, 0.2) is 30.3 Å². The molecule has 0 aliphatic carbocycles. The first-order chi connectivity index (χ1) is 8.68. The van der Waals surface area contributed by atoms with E-state index in [4.69, 9.17) is 11.5 Å². The molecule has 1 aromatic heterocycles. The molecule has 4 N–H and O–H groups in total. The first-order valence-electron chi connectivity index (χ1n) is 6.29. The maximum atomic E-state index is 5.89. The molecule has 0 aliphatic heterocycles. The Labute approximate surface area is 108 Å². The number of aromatic nitrogens is 2. The highest BCUT2D eigenvalue weighted by Crippen LogP contribution is 2.20. The lowest BCUT2D eigenvalue weighted by molar-refractivity contribution is 0.662. The van der Waals surface area contributed by atoms with Crippen LogP contribution in [-0.2, 0) is 19.9 Å². The van der Waals surface area contributed by atoms with Crippen LogP contribution in [0, 0.1) is 0 Å². The number of rotatable bonds is 5. The predicted octanol–water partition coefficient (Wildman–Crippen LogP) is 2.15. The second kappa shape index (κ2) is 5.58. The zero-order valence-corrected chi connectivity index (χ0v) is 10.8. The molecule has 0 amide bonds. The molecule has 1 aromatic carbocycles. The van der Waals surface area contributed by atoms with Crippen LogP contribution in [0.3, 0.4) is 0 Å². The number of unbranched alkanes of at least 4 members (excludes halogenated alkanes) is 1. The summed E-state index contributed by atoms with van der Waals surface area (Å²) in [5, 5.41) is 4.12. The standard InChI is InChI=1S/C14H20N4/c1-18-12(13(15)14(16)17-18)10-6-5-9-11-7-3-2-4-8-11/h2-4,7-8H,5-6,9-10,15H2,1H3,(H2,16,17). The molecule has 4 nitrogen and oxygen atoms in total. The Hall–Kier alpha value is -1.97. The van der Waals surface area contributed by atoms with Crippen LogP contribution in [0.5, 0.6) is 0 Å². The van der Waals surface area contributed by atoms with Crippen molar-refractivity contribution in [2.75, 3.05) is 11.5 Å². The van der Waals surface area contributed by atoms with E-state index in [1.54, 1.807) is 4.68 Å². The molecule has 0 spiro atoms. The van der Waals surface area contributed by atoms with Gasteiger partial charge in [-0.1, -0.05) is 30.3 Å². The van der Waals surface area contributed by atoms with Crippen LogP contribution in [0.2, 0.25) is 0 Å². The van der Waals surface area contributed by atoms with Gasteiger partial charge in [-0.3, -0.25) is 4.68 Å². The van der Waals surface area contributed by atoms with Crippen molar-refractivity contribution in [3.05, 3.63) is 41.6 Å². The minimum Gasteiger partial charge on any atom is -0.394 e. The summed E-state index contributed by atoms with van der Waals surface area (Å²) in [7, 11) is 1.89. The Morgan fingerprint density at radius 3 is 2.33 bits per heavy atom. The van der Waals surface area contributed by atoms with Gasteiger partial charge in [-0.2, -0.15) is 5.10 Å². The topological polar surface area (TPSA) is 69.9 Å². The van der Waals surface area contributed by atoms with Gasteiger partial charge in [-0.05, 0) is 31.2 Å². The van der Waals surface area contributed by atoms with Gasteiger partial charge >= 0.3 is 0 Å². The predicted molar refractivity (Wildman–Crippen MR) is 75.1 cm³/mol. The van der Waals surface area contributed by atoms with Gasteiger partial charge < -0.3 is 11.5 Å². The van der Waals surface area contributed by atoms with Crippen LogP contribution in [0.4, 0.5) is 11.5 Å². The third-order valence-corrected chi connectivity index (χ3v) is 3.21. The average Bonchev–Trinajstić information content (AvgIpc) is 2.61. The summed E-state index contributed by atoms with van der Waals surface area (Å²) < 4.78 is 1.78. The number of nitrogens with two attached hydrogens (primary N) is 2. The molecule has 2 rings (SSSR count). The Kier molecular flexibility index (Phi) is 3.87. The van der Waals surface area contributed by atoms with Crippen LogP contribution in [0.1, 0.15) is 24.1 Å². The number of nitrogens with zero attached hydrogens (tertiary/aromatic N) is 2. The molecular formula is C14H20N4. The van der Waals surface area contributed by atoms with E-state index in [0.29, 0.717) is 11.5 Å². The van der Waals surface area contributed by atoms with E-state index >= 15 is 0 Å². The van der Waals surface area contributed by atoms with Crippen molar-refractivity contribution < 1.29 is 0 Å². The lowest BCUT2D eigenvalue weighted by atomic mass is 10.1. The molecule has 0 saturated carbocycles. The number of aryl methyl sites for hydroxylation is 2. The van der Waals surface area contributed by atoms with Crippen LogP contribution >= 0.6 is 0 Å². The fraction of sp³-hybridized carbons (Fsp3) is 0.357. The maximum Gasteiger partial charge on any atom is 0.168 e. The molecule has 0 saturated heterocycles. The van der Waals surface area contributed by atoms with Crippen molar-refractivity contribution >= 4 is 11.5 Å². The molecule has 0 radical (unpaired) electrons. The largest absolute Gasteiger partial charge is 0.394 e. The van der Waals surface area contributed by atoms with Crippen LogP contribution in [-0.4, -0.2) is 9.78 Å². The number of hydrogen-bond donors (Lipinski definition) is 2. The normalized spacial score (nSPS) is 10.7. The highest BCUT2D eigenvalue weighted by atomic mass is 15.3. The van der Waals surface area contributed by atoms with E-state index in [1.165, 1.54) is 5.56 Å². The quantitative estimate of drug-likeness (QED) is 0.792. The smallest absolute Gasteiger partial charge is 0.168 e. The van der Waals surface area contributed by atoms with Crippen LogP contribution in [0.25, 0.3) is 0 Å². The van der Waals surface area contributed by atoms with Gasteiger partial charge in [-0.15, -0.1) is 0 Å². The molecule has 18 heavy (non-hydrogen) atoms. The van der Waals surface area contributed by atoms with E-state index in [9.17, 15) is 0 Å². The highest BCUT2D eigenvalue weighted by molar-refractivity contribution is 5.61. The maximum absolute atomic E-state index is 5.89. The second-order valence-electron chi connectivity index (χ2n) is 4.56. The van der Waals surface area contributed by atoms with E-state index in [1.807, 2.05) is 13.1 Å². The first-order valence-corrected chi connectivity index (χ1v) is 6.29. The Morgan fingerprint density at radius 2 is 1.72 bits per heavy atom. The van der Waals surface area contributed by atoms with E-state index in [-0.39, 0.29) is 0 Å². The van der Waals surface area contributed by atoms with Crippen molar-refractivity contribution in [1.29, 1.82) is 0 Å². The molecule has 1 heterocycles. The second-order valence-corrected chi connectivity index (χ2v) is 4.56. The molecule has 4 heteroatoms. The van der Waals surface area contributed by atoms with Gasteiger partial charge in [0.05, 0.1) is 11.4 Å². The number of hydrogen-bond acceptors (Lipinski definition) is 3. The van der Waals surface area contributed by atoms with Crippen LogP contribution < -0.4 is 11.5 Å². The summed E-state index contributed by atoms with van der Waals surface area (Å²) in [4.78, 5) is 0. The molecule has 2 aromatic rings. The van der Waals surface area contributed by atoms with Gasteiger partial charge in [0.25, 0.3) is 0 Å². The lowest BCUT2D eigenvalue weighted by Gasteiger charge is -2.04. The van der Waals surface area contributed by atoms with Crippen molar-refractivity contribution in [2.24, 2.45) is 7.05 Å². The summed E-state index contributed by atoms with van der Waals surface area (Å²) in [5.74, 6) is 0.440. The molecule has 0 aliphatic rings. The zero-order valence-electron chi connectivity index (χ0n) is 10.8. The number of anilines is 2. The first kappa shape index (κ1) is 12.5. The molecule has 0 bridgehead atoms. The Balaban J connectivity index is 1.82. The van der Waals surface area contributed by atoms with Gasteiger partial charge in [-0.25, -0.2) is 0 Å². The lowest BCUT2D eigenvalue weighted by Crippen LogP contribution is -2.01. The van der Waals surface area contributed by atoms with Crippen molar-refractivity contribution in [1.82, 2.24) is 9.78 Å². The number of nitrogen functional groups attached to an aromatic ring is 2. The minimum atomic E-state index is 0.440. The van der Waals surface area contributed by atoms with Crippen molar-refractivity contribution in [3.8, 4) is 0 Å². The highest BCUT2D eigenvalue weighted by Gasteiger charge is 2.09. The summed E-state index contributed by atoms with van der Waals surface area (Å²) >= 11 is 0. The van der Waals surface area contributed by atoms with Crippen molar-refractivity contribution in [2.45, 2.75) is 25.7 Å².